The van der Waals surface area contributed by atoms with Crippen molar-refractivity contribution in [2.75, 3.05) is 0 Å². The zero-order chi connectivity index (χ0) is 35.6. The molecule has 0 N–H and O–H groups in total. The maximum absolute atomic E-state index is 4.98. The lowest BCUT2D eigenvalue weighted by Crippen LogP contribution is -2.00. The van der Waals surface area contributed by atoms with Crippen LogP contribution in [0.1, 0.15) is 0 Å². The van der Waals surface area contributed by atoms with E-state index in [1.165, 1.54) is 48.9 Å². The summed E-state index contributed by atoms with van der Waals surface area (Å²) in [5, 5.41) is 7.41. The van der Waals surface area contributed by atoms with Crippen molar-refractivity contribution in [2.45, 2.75) is 0 Å². The van der Waals surface area contributed by atoms with E-state index in [9.17, 15) is 0 Å². The molecule has 11 rings (SSSR count). The van der Waals surface area contributed by atoms with Gasteiger partial charge in [0.05, 0.1) is 22.1 Å². The van der Waals surface area contributed by atoms with Crippen molar-refractivity contribution in [3.63, 3.8) is 0 Å². The molecule has 5 nitrogen and oxygen atoms in total. The first-order chi connectivity index (χ1) is 26.8. The van der Waals surface area contributed by atoms with Crippen LogP contribution in [0.15, 0.2) is 188 Å². The molecule has 0 saturated carbocycles. The van der Waals surface area contributed by atoms with Crippen LogP contribution in [0.25, 0.3) is 99.9 Å². The van der Waals surface area contributed by atoms with Crippen LogP contribution in [0, 0.1) is 0 Å². The van der Waals surface area contributed by atoms with Crippen LogP contribution in [0.2, 0.25) is 0 Å². The summed E-state index contributed by atoms with van der Waals surface area (Å²) >= 11 is 0. The Kier molecular flexibility index (Phi) is 6.79. The van der Waals surface area contributed by atoms with E-state index in [-0.39, 0.29) is 0 Å². The molecule has 0 amide bonds. The molecule has 0 unspecified atom stereocenters. The van der Waals surface area contributed by atoms with Crippen molar-refractivity contribution in [1.29, 1.82) is 0 Å². The Balaban J connectivity index is 1.12. The van der Waals surface area contributed by atoms with Crippen LogP contribution >= 0.6 is 0 Å². The molecule has 8 aromatic carbocycles. The molecule has 3 aromatic heterocycles. The van der Waals surface area contributed by atoms with Gasteiger partial charge >= 0.3 is 0 Å². The van der Waals surface area contributed by atoms with Gasteiger partial charge in [-0.1, -0.05) is 133 Å². The average Bonchev–Trinajstić information content (AvgIpc) is 3.78. The fourth-order valence-corrected chi connectivity index (χ4v) is 8.15. The minimum atomic E-state index is 0.638. The first-order valence-electron chi connectivity index (χ1n) is 18.2. The standard InChI is InChI=1S/C49H31N5/c1-4-14-32(15-5-1)47-50-48(33-16-6-2-7-17-33)52-49(51-47)34-24-26-36(27-25-34)54-42-22-12-10-20-37(42)39-29-28-38-40(46(39)54)30-31-44-45(38)41-21-11-13-23-43(41)53(44)35-18-8-3-9-19-35/h1-31H. The summed E-state index contributed by atoms with van der Waals surface area (Å²) in [6, 6.07) is 66.2. The van der Waals surface area contributed by atoms with Crippen LogP contribution in [0.4, 0.5) is 0 Å². The quantitative estimate of drug-likeness (QED) is 0.181. The molecule has 0 radical (unpaired) electrons. The van der Waals surface area contributed by atoms with Crippen LogP contribution in [0.3, 0.4) is 0 Å². The molecule has 0 aliphatic heterocycles. The molecule has 0 atom stereocenters. The minimum Gasteiger partial charge on any atom is -0.309 e. The van der Waals surface area contributed by atoms with Crippen LogP contribution < -0.4 is 0 Å². The molecule has 5 heteroatoms. The number of hydrogen-bond donors (Lipinski definition) is 0. The summed E-state index contributed by atoms with van der Waals surface area (Å²) in [4.78, 5) is 14.8. The Bertz CT molecular complexity index is 3120. The maximum Gasteiger partial charge on any atom is 0.164 e. The second-order valence-corrected chi connectivity index (χ2v) is 13.6. The molecule has 0 spiro atoms. The van der Waals surface area contributed by atoms with E-state index in [0.29, 0.717) is 17.5 Å². The molecular weight excluding hydrogens is 659 g/mol. The van der Waals surface area contributed by atoms with Gasteiger partial charge in [0.25, 0.3) is 0 Å². The fraction of sp³-hybridized carbons (Fsp3) is 0. The zero-order valence-electron chi connectivity index (χ0n) is 29.1. The highest BCUT2D eigenvalue weighted by atomic mass is 15.0. The predicted octanol–water partition coefficient (Wildman–Crippen LogP) is 12.2. The molecule has 0 bridgehead atoms. The average molecular weight is 690 g/mol. The summed E-state index contributed by atoms with van der Waals surface area (Å²) < 4.78 is 4.80. The van der Waals surface area contributed by atoms with Gasteiger partial charge in [0.15, 0.2) is 17.5 Å². The van der Waals surface area contributed by atoms with E-state index < -0.39 is 0 Å². The molecular formula is C49H31N5. The maximum atomic E-state index is 4.98. The number of rotatable bonds is 5. The minimum absolute atomic E-state index is 0.638. The molecule has 0 aliphatic carbocycles. The lowest BCUT2D eigenvalue weighted by atomic mass is 10.0. The first kappa shape index (κ1) is 30.3. The molecule has 11 aromatic rings. The van der Waals surface area contributed by atoms with Crippen molar-refractivity contribution in [3.8, 4) is 45.5 Å². The number of aromatic nitrogens is 5. The zero-order valence-corrected chi connectivity index (χ0v) is 29.1. The first-order valence-corrected chi connectivity index (χ1v) is 18.2. The fourth-order valence-electron chi connectivity index (χ4n) is 8.15. The number of para-hydroxylation sites is 3. The van der Waals surface area contributed by atoms with Gasteiger partial charge in [-0.05, 0) is 60.0 Å². The van der Waals surface area contributed by atoms with Gasteiger partial charge in [0.2, 0.25) is 0 Å². The number of nitrogens with zero attached hydrogens (tertiary/aromatic N) is 5. The van der Waals surface area contributed by atoms with Gasteiger partial charge in [0.1, 0.15) is 0 Å². The molecule has 252 valence electrons. The van der Waals surface area contributed by atoms with Gasteiger partial charge in [-0.3, -0.25) is 0 Å². The number of benzene rings is 8. The summed E-state index contributed by atoms with van der Waals surface area (Å²) in [7, 11) is 0. The van der Waals surface area contributed by atoms with Crippen molar-refractivity contribution in [3.05, 3.63) is 188 Å². The third kappa shape index (κ3) is 4.69. The monoisotopic (exact) mass is 689 g/mol. The lowest BCUT2D eigenvalue weighted by Gasteiger charge is -2.12. The van der Waals surface area contributed by atoms with Gasteiger partial charge < -0.3 is 9.13 Å². The normalized spacial score (nSPS) is 11.7. The van der Waals surface area contributed by atoms with E-state index in [2.05, 4.69) is 137 Å². The van der Waals surface area contributed by atoms with Crippen molar-refractivity contribution < 1.29 is 0 Å². The van der Waals surface area contributed by atoms with E-state index in [0.717, 1.165) is 33.6 Å². The van der Waals surface area contributed by atoms with E-state index >= 15 is 0 Å². The Hall–Kier alpha value is -7.37. The van der Waals surface area contributed by atoms with E-state index in [4.69, 9.17) is 15.0 Å². The van der Waals surface area contributed by atoms with Gasteiger partial charge in [-0.25, -0.2) is 15.0 Å². The second-order valence-electron chi connectivity index (χ2n) is 13.6. The summed E-state index contributed by atoms with van der Waals surface area (Å²) in [5.74, 6) is 1.94. The SMILES string of the molecule is c1ccc(-c2nc(-c3ccccc3)nc(-c3ccc(-n4c5ccccc5c5ccc6c(ccc7c6c6ccccc6n7-c6ccccc6)c54)cc3)n2)cc1. The predicted molar refractivity (Wildman–Crippen MR) is 222 cm³/mol. The topological polar surface area (TPSA) is 48.5 Å². The van der Waals surface area contributed by atoms with Crippen molar-refractivity contribution >= 4 is 54.4 Å². The molecule has 0 fully saturated rings. The largest absolute Gasteiger partial charge is 0.309 e. The molecule has 0 saturated heterocycles. The van der Waals surface area contributed by atoms with Crippen molar-refractivity contribution in [2.24, 2.45) is 0 Å². The Morgan fingerprint density at radius 1 is 0.278 bits per heavy atom. The Morgan fingerprint density at radius 3 is 1.35 bits per heavy atom. The van der Waals surface area contributed by atoms with Gasteiger partial charge in [0, 0.05) is 55.0 Å². The van der Waals surface area contributed by atoms with Gasteiger partial charge in [-0.15, -0.1) is 0 Å². The second kappa shape index (κ2) is 12.1. The van der Waals surface area contributed by atoms with Crippen molar-refractivity contribution in [1.82, 2.24) is 24.1 Å². The summed E-state index contributed by atoms with van der Waals surface area (Å²) in [6.07, 6.45) is 0. The number of fused-ring (bicyclic) bond motifs is 9. The third-order valence-electron chi connectivity index (χ3n) is 10.6. The highest BCUT2D eigenvalue weighted by Crippen LogP contribution is 2.42. The highest BCUT2D eigenvalue weighted by molar-refractivity contribution is 6.27. The third-order valence-corrected chi connectivity index (χ3v) is 10.6. The van der Waals surface area contributed by atoms with E-state index in [1.54, 1.807) is 0 Å². The summed E-state index contributed by atoms with van der Waals surface area (Å²) in [6.45, 7) is 0. The van der Waals surface area contributed by atoms with Crippen LogP contribution in [-0.4, -0.2) is 24.1 Å². The van der Waals surface area contributed by atoms with E-state index in [1.807, 2.05) is 60.7 Å². The van der Waals surface area contributed by atoms with Crippen LogP contribution in [0.5, 0.6) is 0 Å². The van der Waals surface area contributed by atoms with Crippen LogP contribution in [-0.2, 0) is 0 Å². The lowest BCUT2D eigenvalue weighted by molar-refractivity contribution is 1.07. The molecule has 54 heavy (non-hydrogen) atoms. The molecule has 3 heterocycles. The Morgan fingerprint density at radius 2 is 0.722 bits per heavy atom. The highest BCUT2D eigenvalue weighted by Gasteiger charge is 2.20. The Labute approximate surface area is 311 Å². The summed E-state index contributed by atoms with van der Waals surface area (Å²) in [5.41, 5.74) is 9.82. The van der Waals surface area contributed by atoms with Gasteiger partial charge in [-0.2, -0.15) is 0 Å². The smallest absolute Gasteiger partial charge is 0.164 e. The molecule has 0 aliphatic rings. The number of hydrogen-bond acceptors (Lipinski definition) is 3.